The van der Waals surface area contributed by atoms with Crippen molar-refractivity contribution in [2.75, 3.05) is 33.3 Å². The Labute approximate surface area is 315 Å². The number of nitrogens with one attached hydrogen (secondary N) is 2. The summed E-state index contributed by atoms with van der Waals surface area (Å²) in [6, 6.07) is 16.0. The van der Waals surface area contributed by atoms with Crippen LogP contribution >= 0.6 is 23.2 Å². The Morgan fingerprint density at radius 2 is 1.31 bits per heavy atom. The third-order valence-corrected chi connectivity index (χ3v) is 12.0. The molecule has 5 aliphatic rings. The smallest absolute Gasteiger partial charge is 0.237 e. The van der Waals surface area contributed by atoms with Gasteiger partial charge in [-0.25, -0.2) is 9.97 Å². The molecular weight excluding hydrogens is 693 g/mol. The maximum Gasteiger partial charge on any atom is 0.237 e. The van der Waals surface area contributed by atoms with Gasteiger partial charge in [0, 0.05) is 78.5 Å². The van der Waals surface area contributed by atoms with E-state index in [1.807, 2.05) is 48.7 Å². The molecule has 0 unspecified atom stereocenters. The Hall–Kier alpha value is -4.15. The molecule has 0 atom stereocenters. The molecule has 5 fully saturated rings. The normalized spacial score (nSPS) is 20.4. The van der Waals surface area contributed by atoms with Gasteiger partial charge in [-0.1, -0.05) is 78.8 Å². The molecule has 2 spiro atoms. The minimum atomic E-state index is 0.154. The SMILES string of the molecule is C=C1CCC2(CN(Cc3ccc(-c4cccc(-c5cccc(-c6cnc(CN7CC8(CCC(=C)N8)C7)c(OC7CC7)n6)c5Cl)c4Cl)nc3OC)C2)N1. The third kappa shape index (κ3) is 6.31. The van der Waals surface area contributed by atoms with Crippen LogP contribution < -0.4 is 20.1 Å². The zero-order valence-electron chi connectivity index (χ0n) is 29.5. The lowest BCUT2D eigenvalue weighted by molar-refractivity contribution is 0.0485. The number of halogens is 2. The molecule has 9 nitrogen and oxygen atoms in total. The Balaban J connectivity index is 0.956. The molecular formula is C41H43Cl2N7O2. The molecule has 11 heteroatoms. The number of hydrogen-bond acceptors (Lipinski definition) is 9. The average molecular weight is 737 g/mol. The first-order valence-electron chi connectivity index (χ1n) is 18.2. The van der Waals surface area contributed by atoms with E-state index in [-0.39, 0.29) is 17.2 Å². The van der Waals surface area contributed by atoms with E-state index in [2.05, 4.69) is 39.7 Å². The van der Waals surface area contributed by atoms with E-state index < -0.39 is 0 Å². The van der Waals surface area contributed by atoms with Crippen LogP contribution in [0.25, 0.3) is 33.6 Å². The van der Waals surface area contributed by atoms with E-state index in [1.165, 1.54) is 0 Å². The molecule has 9 rings (SSSR count). The van der Waals surface area contributed by atoms with Crippen LogP contribution in [0.5, 0.6) is 11.8 Å². The van der Waals surface area contributed by atoms with E-state index in [0.29, 0.717) is 34.0 Å². The van der Waals surface area contributed by atoms with Crippen molar-refractivity contribution in [1.82, 2.24) is 35.4 Å². The van der Waals surface area contributed by atoms with Crippen LogP contribution in [0, 0.1) is 0 Å². The van der Waals surface area contributed by atoms with Crippen LogP contribution in [-0.2, 0) is 13.1 Å². The molecule has 0 amide bonds. The molecule has 6 heterocycles. The molecule has 4 saturated heterocycles. The summed E-state index contributed by atoms with van der Waals surface area (Å²) in [4.78, 5) is 19.6. The molecule has 2 aromatic heterocycles. The van der Waals surface area contributed by atoms with Gasteiger partial charge in [0.1, 0.15) is 11.8 Å². The van der Waals surface area contributed by atoms with Crippen molar-refractivity contribution in [1.29, 1.82) is 0 Å². The molecule has 2 aromatic carbocycles. The first-order chi connectivity index (χ1) is 25.2. The highest BCUT2D eigenvalue weighted by Gasteiger charge is 2.47. The van der Waals surface area contributed by atoms with Crippen molar-refractivity contribution in [3.8, 4) is 45.4 Å². The number of rotatable bonds is 10. The van der Waals surface area contributed by atoms with E-state index in [0.717, 1.165) is 122 Å². The second-order valence-corrected chi connectivity index (χ2v) is 16.1. The maximum atomic E-state index is 7.21. The zero-order chi connectivity index (χ0) is 35.6. The van der Waals surface area contributed by atoms with Gasteiger partial charge in [-0.3, -0.25) is 14.8 Å². The standard InChI is InChI=1S/C41H43Cl2N7O2/c1-25-14-16-40(47-25)21-49(22-40)19-27-10-13-33(45-38(27)51-3)31-8-4-6-29(36(31)42)30-7-5-9-32(37(30)43)34-18-44-35(39(46-34)52-28-11-12-28)20-50-23-41(24-50)17-15-26(2)48-41/h4-10,13,18,28,47-48H,1-2,11-12,14-17,19-24H2,3H3. The molecule has 1 aliphatic carbocycles. The van der Waals surface area contributed by atoms with Crippen molar-refractivity contribution in [3.63, 3.8) is 0 Å². The lowest BCUT2D eigenvalue weighted by atomic mass is 9.88. The van der Waals surface area contributed by atoms with Crippen molar-refractivity contribution >= 4 is 23.2 Å². The molecule has 0 radical (unpaired) electrons. The van der Waals surface area contributed by atoms with Gasteiger partial charge in [-0.15, -0.1) is 0 Å². The second-order valence-electron chi connectivity index (χ2n) is 15.3. The minimum absolute atomic E-state index is 0.154. The Bertz CT molecular complexity index is 2090. The highest BCUT2D eigenvalue weighted by Crippen LogP contribution is 2.43. The number of benzene rings is 2. The number of nitrogens with zero attached hydrogens (tertiary/aromatic N) is 5. The molecule has 1 saturated carbocycles. The fraction of sp³-hybridized carbons (Fsp3) is 0.390. The van der Waals surface area contributed by atoms with Gasteiger partial charge in [-0.2, -0.15) is 0 Å². The minimum Gasteiger partial charge on any atom is -0.481 e. The van der Waals surface area contributed by atoms with Gasteiger partial charge in [0.25, 0.3) is 0 Å². The van der Waals surface area contributed by atoms with E-state index >= 15 is 0 Å². The average Bonchev–Trinajstić information content (AvgIpc) is 3.71. The van der Waals surface area contributed by atoms with Crippen molar-refractivity contribution < 1.29 is 9.47 Å². The molecule has 0 bridgehead atoms. The molecule has 268 valence electrons. The van der Waals surface area contributed by atoms with Gasteiger partial charge in [-0.05, 0) is 44.6 Å². The Morgan fingerprint density at radius 3 is 1.87 bits per heavy atom. The summed E-state index contributed by atoms with van der Waals surface area (Å²) in [6.45, 7) is 13.6. The number of likely N-dealkylation sites (tertiary alicyclic amines) is 2. The quantitative estimate of drug-likeness (QED) is 0.171. The second kappa shape index (κ2) is 13.1. The van der Waals surface area contributed by atoms with Crippen LogP contribution in [0.3, 0.4) is 0 Å². The number of ether oxygens (including phenoxy) is 2. The molecule has 2 N–H and O–H groups in total. The first kappa shape index (κ1) is 33.7. The number of methoxy groups -OCH3 is 1. The fourth-order valence-corrected chi connectivity index (χ4v) is 9.07. The van der Waals surface area contributed by atoms with Crippen molar-refractivity contribution in [3.05, 3.63) is 101 Å². The summed E-state index contributed by atoms with van der Waals surface area (Å²) in [5.41, 5.74) is 9.09. The van der Waals surface area contributed by atoms with Crippen molar-refractivity contribution in [2.24, 2.45) is 0 Å². The van der Waals surface area contributed by atoms with Crippen LogP contribution in [0.2, 0.25) is 10.0 Å². The summed E-state index contributed by atoms with van der Waals surface area (Å²) in [7, 11) is 1.67. The van der Waals surface area contributed by atoms with Crippen molar-refractivity contribution in [2.45, 2.75) is 68.8 Å². The molecule has 4 aliphatic heterocycles. The van der Waals surface area contributed by atoms with E-state index in [1.54, 1.807) is 7.11 Å². The van der Waals surface area contributed by atoms with Gasteiger partial charge in [0.05, 0.1) is 45.8 Å². The highest BCUT2D eigenvalue weighted by molar-refractivity contribution is 6.39. The number of hydrogen-bond donors (Lipinski definition) is 2. The fourth-order valence-electron chi connectivity index (χ4n) is 8.42. The Kier molecular flexibility index (Phi) is 8.45. The summed E-state index contributed by atoms with van der Waals surface area (Å²) in [5.74, 6) is 1.19. The summed E-state index contributed by atoms with van der Waals surface area (Å²) < 4.78 is 12.1. The van der Waals surface area contributed by atoms with E-state index in [4.69, 9.17) is 47.6 Å². The van der Waals surface area contributed by atoms with Crippen LogP contribution in [-0.4, -0.2) is 75.2 Å². The zero-order valence-corrected chi connectivity index (χ0v) is 31.0. The monoisotopic (exact) mass is 735 g/mol. The first-order valence-corrected chi connectivity index (χ1v) is 19.0. The van der Waals surface area contributed by atoms with Crippen LogP contribution in [0.4, 0.5) is 0 Å². The predicted molar refractivity (Wildman–Crippen MR) is 205 cm³/mol. The maximum absolute atomic E-state index is 7.21. The Morgan fingerprint density at radius 1 is 0.750 bits per heavy atom. The number of pyridine rings is 1. The molecule has 4 aromatic rings. The number of allylic oxidation sites excluding steroid dienone is 2. The summed E-state index contributed by atoms with van der Waals surface area (Å²) in [6.07, 6.45) is 8.43. The lowest BCUT2D eigenvalue weighted by Gasteiger charge is -2.48. The van der Waals surface area contributed by atoms with Gasteiger partial charge in [0.2, 0.25) is 11.8 Å². The summed E-state index contributed by atoms with van der Waals surface area (Å²) in [5, 5.41) is 8.30. The third-order valence-electron chi connectivity index (χ3n) is 11.2. The van der Waals surface area contributed by atoms with Gasteiger partial charge in [0.15, 0.2) is 0 Å². The predicted octanol–water partition coefficient (Wildman–Crippen LogP) is 7.63. The van der Waals surface area contributed by atoms with Crippen LogP contribution in [0.15, 0.2) is 79.3 Å². The summed E-state index contributed by atoms with van der Waals surface area (Å²) >= 11 is 14.4. The lowest BCUT2D eigenvalue weighted by Crippen LogP contribution is -2.65. The largest absolute Gasteiger partial charge is 0.481 e. The highest BCUT2D eigenvalue weighted by atomic mass is 35.5. The topological polar surface area (TPSA) is 87.7 Å². The van der Waals surface area contributed by atoms with E-state index in [9.17, 15) is 0 Å². The molecule has 52 heavy (non-hydrogen) atoms. The van der Waals surface area contributed by atoms with Gasteiger partial charge < -0.3 is 20.1 Å². The van der Waals surface area contributed by atoms with Gasteiger partial charge >= 0.3 is 0 Å². The van der Waals surface area contributed by atoms with Crippen LogP contribution in [0.1, 0.15) is 49.8 Å². The number of aromatic nitrogens is 3.